The van der Waals surface area contributed by atoms with Crippen molar-refractivity contribution in [1.29, 1.82) is 0 Å². The number of hydrogen-bond donors (Lipinski definition) is 1. The van der Waals surface area contributed by atoms with Gasteiger partial charge in [-0.15, -0.1) is 0 Å². The van der Waals surface area contributed by atoms with Gasteiger partial charge in [0.05, 0.1) is 16.8 Å². The molecule has 24 heavy (non-hydrogen) atoms. The Morgan fingerprint density at radius 2 is 1.88 bits per heavy atom. The second-order valence-electron chi connectivity index (χ2n) is 5.06. The summed E-state index contributed by atoms with van der Waals surface area (Å²) in [6.07, 6.45) is 3.50. The molecule has 3 aromatic rings. The Hall–Kier alpha value is -1.88. The maximum absolute atomic E-state index is 11.5. The summed E-state index contributed by atoms with van der Waals surface area (Å²) in [7, 11) is 0. The highest BCUT2D eigenvalue weighted by atomic mass is 79.9. The summed E-state index contributed by atoms with van der Waals surface area (Å²) >= 11 is 15.4. The van der Waals surface area contributed by atoms with Crippen molar-refractivity contribution in [2.45, 2.75) is 0 Å². The number of halogens is 3. The molecule has 0 aliphatic carbocycles. The molecule has 0 saturated carbocycles. The summed E-state index contributed by atoms with van der Waals surface area (Å²) in [4.78, 5) is 16.0. The van der Waals surface area contributed by atoms with E-state index in [1.807, 2.05) is 6.07 Å². The molecule has 0 spiro atoms. The molecule has 0 fully saturated rings. The lowest BCUT2D eigenvalue weighted by Crippen LogP contribution is -2.00. The van der Waals surface area contributed by atoms with E-state index >= 15 is 0 Å². The lowest BCUT2D eigenvalue weighted by molar-refractivity contribution is 0.0699. The van der Waals surface area contributed by atoms with Gasteiger partial charge in [-0.2, -0.15) is 0 Å². The van der Waals surface area contributed by atoms with Crippen LogP contribution in [0.5, 0.6) is 0 Å². The molecule has 0 amide bonds. The molecule has 0 bridgehead atoms. The zero-order valence-electron chi connectivity index (χ0n) is 12.1. The summed E-state index contributed by atoms with van der Waals surface area (Å²) in [5.74, 6) is -1.00. The molecule has 0 aliphatic rings. The van der Waals surface area contributed by atoms with Crippen LogP contribution in [0.3, 0.4) is 0 Å². The summed E-state index contributed by atoms with van der Waals surface area (Å²) in [5.41, 5.74) is 2.12. The largest absolute Gasteiger partial charge is 0.478 e. The Morgan fingerprint density at radius 3 is 2.58 bits per heavy atom. The number of carboxylic acid groups (broad SMARTS) is 1. The van der Waals surface area contributed by atoms with Crippen molar-refractivity contribution in [2.24, 2.45) is 0 Å². The first-order chi connectivity index (χ1) is 11.4. The first-order valence-electron chi connectivity index (χ1n) is 6.91. The van der Waals surface area contributed by atoms with E-state index < -0.39 is 5.97 Å². The quantitative estimate of drug-likeness (QED) is 0.548. The summed E-state index contributed by atoms with van der Waals surface area (Å²) in [6, 6.07) is 12.1. The molecule has 0 unspecified atom stereocenters. The third kappa shape index (κ3) is 3.61. The predicted molar refractivity (Wildman–Crippen MR) is 102 cm³/mol. The highest BCUT2D eigenvalue weighted by Gasteiger charge is 2.11. The van der Waals surface area contributed by atoms with E-state index in [2.05, 4.69) is 20.9 Å². The zero-order valence-corrected chi connectivity index (χ0v) is 15.2. The van der Waals surface area contributed by atoms with Crippen molar-refractivity contribution in [3.05, 3.63) is 73.8 Å². The SMILES string of the molecule is O=C(O)c1cc(/C=C/c2ccc(Cl)cc2Cl)nc2ccc(Br)cc12. The number of nitrogens with zero attached hydrogens (tertiary/aromatic N) is 1. The van der Waals surface area contributed by atoms with Crippen LogP contribution in [-0.2, 0) is 0 Å². The molecular formula is C18H10BrCl2NO2. The second kappa shape index (κ2) is 6.93. The van der Waals surface area contributed by atoms with Crippen LogP contribution < -0.4 is 0 Å². The number of pyridine rings is 1. The molecule has 3 nitrogen and oxygen atoms in total. The number of benzene rings is 2. The second-order valence-corrected chi connectivity index (χ2v) is 6.82. The molecule has 0 aliphatic heterocycles. The van der Waals surface area contributed by atoms with Crippen molar-refractivity contribution >= 4 is 68.2 Å². The molecule has 0 atom stereocenters. The molecule has 0 saturated heterocycles. The van der Waals surface area contributed by atoms with Crippen LogP contribution in [0, 0.1) is 0 Å². The maximum Gasteiger partial charge on any atom is 0.336 e. The fraction of sp³-hybridized carbons (Fsp3) is 0. The summed E-state index contributed by atoms with van der Waals surface area (Å²) in [6.45, 7) is 0. The minimum absolute atomic E-state index is 0.197. The van der Waals surface area contributed by atoms with Crippen LogP contribution in [0.25, 0.3) is 23.1 Å². The average Bonchev–Trinajstić information content (AvgIpc) is 2.53. The fourth-order valence-corrected chi connectivity index (χ4v) is 3.13. The van der Waals surface area contributed by atoms with E-state index in [-0.39, 0.29) is 5.56 Å². The van der Waals surface area contributed by atoms with Gasteiger partial charge in [-0.05, 0) is 48.0 Å². The van der Waals surface area contributed by atoms with E-state index in [0.717, 1.165) is 10.0 Å². The molecule has 1 aromatic heterocycles. The highest BCUT2D eigenvalue weighted by Crippen LogP contribution is 2.25. The van der Waals surface area contributed by atoms with Gasteiger partial charge < -0.3 is 5.11 Å². The molecule has 2 aromatic carbocycles. The Morgan fingerprint density at radius 1 is 1.08 bits per heavy atom. The number of fused-ring (bicyclic) bond motifs is 1. The number of carboxylic acids is 1. The fourth-order valence-electron chi connectivity index (χ4n) is 2.29. The minimum atomic E-state index is -1.00. The predicted octanol–water partition coefficient (Wildman–Crippen LogP) is 6.17. The molecular weight excluding hydrogens is 413 g/mol. The highest BCUT2D eigenvalue weighted by molar-refractivity contribution is 9.10. The maximum atomic E-state index is 11.5. The van der Waals surface area contributed by atoms with E-state index in [1.165, 1.54) is 6.07 Å². The average molecular weight is 423 g/mol. The van der Waals surface area contributed by atoms with Crippen LogP contribution in [0.2, 0.25) is 10.0 Å². The Bertz CT molecular complexity index is 986. The van der Waals surface area contributed by atoms with E-state index in [1.54, 1.807) is 42.5 Å². The first kappa shape index (κ1) is 17.0. The standard InChI is InChI=1S/C18H10BrCl2NO2/c19-11-3-6-17-14(7-11)15(18(23)24)9-13(22-17)5-2-10-1-4-12(20)8-16(10)21/h1-9H,(H,23,24)/b5-2+. The molecule has 3 rings (SSSR count). The monoisotopic (exact) mass is 421 g/mol. The van der Waals surface area contributed by atoms with E-state index in [4.69, 9.17) is 23.2 Å². The van der Waals surface area contributed by atoms with Gasteiger partial charge in [0.15, 0.2) is 0 Å². The van der Waals surface area contributed by atoms with Crippen molar-refractivity contribution in [3.63, 3.8) is 0 Å². The summed E-state index contributed by atoms with van der Waals surface area (Å²) in [5, 5.41) is 11.1. The van der Waals surface area contributed by atoms with Crippen LogP contribution in [0.1, 0.15) is 21.6 Å². The van der Waals surface area contributed by atoms with E-state index in [9.17, 15) is 9.90 Å². The van der Waals surface area contributed by atoms with Gasteiger partial charge in [-0.1, -0.05) is 51.3 Å². The third-order valence-corrected chi connectivity index (χ3v) is 4.47. The number of aromatic nitrogens is 1. The lowest BCUT2D eigenvalue weighted by Gasteiger charge is -2.05. The Balaban J connectivity index is 2.08. The van der Waals surface area contributed by atoms with Crippen LogP contribution in [0.4, 0.5) is 0 Å². The molecule has 120 valence electrons. The van der Waals surface area contributed by atoms with Gasteiger partial charge in [0.2, 0.25) is 0 Å². The molecule has 0 radical (unpaired) electrons. The summed E-state index contributed by atoms with van der Waals surface area (Å²) < 4.78 is 0.801. The number of aromatic carboxylic acids is 1. The smallest absolute Gasteiger partial charge is 0.336 e. The van der Waals surface area contributed by atoms with Gasteiger partial charge >= 0.3 is 5.97 Å². The van der Waals surface area contributed by atoms with Gasteiger partial charge in [0.25, 0.3) is 0 Å². The van der Waals surface area contributed by atoms with Crippen molar-refractivity contribution in [3.8, 4) is 0 Å². The van der Waals surface area contributed by atoms with Gasteiger partial charge in [0.1, 0.15) is 0 Å². The first-order valence-corrected chi connectivity index (χ1v) is 8.45. The molecule has 1 N–H and O–H groups in total. The number of hydrogen-bond acceptors (Lipinski definition) is 2. The third-order valence-electron chi connectivity index (χ3n) is 3.42. The van der Waals surface area contributed by atoms with Crippen molar-refractivity contribution < 1.29 is 9.90 Å². The van der Waals surface area contributed by atoms with Gasteiger partial charge in [-0.25, -0.2) is 9.78 Å². The number of carbonyl (C=O) groups is 1. The minimum Gasteiger partial charge on any atom is -0.478 e. The van der Waals surface area contributed by atoms with Crippen LogP contribution >= 0.6 is 39.1 Å². The molecule has 6 heteroatoms. The van der Waals surface area contributed by atoms with Gasteiger partial charge in [0, 0.05) is 19.9 Å². The van der Waals surface area contributed by atoms with Gasteiger partial charge in [-0.3, -0.25) is 0 Å². The van der Waals surface area contributed by atoms with Crippen LogP contribution in [-0.4, -0.2) is 16.1 Å². The lowest BCUT2D eigenvalue weighted by atomic mass is 10.1. The van der Waals surface area contributed by atoms with Crippen molar-refractivity contribution in [1.82, 2.24) is 4.98 Å². The van der Waals surface area contributed by atoms with E-state index in [0.29, 0.717) is 26.6 Å². The zero-order chi connectivity index (χ0) is 17.3. The topological polar surface area (TPSA) is 50.2 Å². The van der Waals surface area contributed by atoms with Crippen LogP contribution in [0.15, 0.2) is 46.9 Å². The Labute approximate surface area is 156 Å². The number of rotatable bonds is 3. The molecule has 1 heterocycles. The van der Waals surface area contributed by atoms with Crippen molar-refractivity contribution in [2.75, 3.05) is 0 Å². The Kier molecular flexibility index (Phi) is 4.90. The normalized spacial score (nSPS) is 11.3.